The van der Waals surface area contributed by atoms with Crippen LogP contribution in [0, 0.1) is 0 Å². The number of hydrogen-bond acceptors (Lipinski definition) is 9. The highest BCUT2D eigenvalue weighted by Gasteiger charge is 2.32. The maximum atomic E-state index is 8.74. The fraction of sp³-hybridized carbons (Fsp3) is 0. The zero-order chi connectivity index (χ0) is 101. The lowest BCUT2D eigenvalue weighted by Crippen LogP contribution is -2.03. The number of hydrogen-bond donors (Lipinski definition) is 0. The van der Waals surface area contributed by atoms with Crippen LogP contribution in [0.25, 0.3) is 295 Å². The minimum atomic E-state index is -0.473. The Morgan fingerprint density at radius 3 is 0.626 bits per heavy atom. The Morgan fingerprint density at radius 1 is 0.129 bits per heavy atom. The van der Waals surface area contributed by atoms with E-state index in [0.29, 0.717) is 57.7 Å². The number of para-hydroxylation sites is 3. The average Bonchev–Trinajstić information content (AvgIpc) is 1.55. The van der Waals surface area contributed by atoms with Crippen molar-refractivity contribution >= 4 is 97.7 Å². The topological polar surface area (TPSA) is 131 Å². The van der Waals surface area contributed by atoms with Crippen molar-refractivity contribution < 1.29 is 6.85 Å². The molecule has 12 heteroatoms. The Hall–Kier alpha value is -20.0. The van der Waals surface area contributed by atoms with E-state index in [9.17, 15) is 0 Å². The van der Waals surface area contributed by atoms with E-state index < -0.39 is 18.1 Å². The summed E-state index contributed by atoms with van der Waals surface area (Å²) < 4.78 is 49.5. The van der Waals surface area contributed by atoms with Gasteiger partial charge >= 0.3 is 0 Å². The first-order valence-corrected chi connectivity index (χ1v) is 49.3. The molecule has 0 fully saturated rings. The van der Waals surface area contributed by atoms with Gasteiger partial charge in [-0.05, 0) is 183 Å². The second-order valence-electron chi connectivity index (χ2n) is 37.2. The normalized spacial score (nSPS) is 12.3. The quantitative estimate of drug-likeness (QED) is 0.111. The van der Waals surface area contributed by atoms with E-state index in [0.717, 1.165) is 105 Å². The summed E-state index contributed by atoms with van der Waals surface area (Å²) in [7, 11) is 0. The number of aromatic nitrogens is 12. The molecule has 28 aromatic rings. The summed E-state index contributed by atoms with van der Waals surface area (Å²) in [5.74, 6) is 4.48. The molecule has 0 amide bonds. The van der Waals surface area contributed by atoms with Gasteiger partial charge in [0.15, 0.2) is 52.4 Å². The Labute approximate surface area is 852 Å². The van der Waals surface area contributed by atoms with Crippen molar-refractivity contribution in [1.29, 1.82) is 0 Å². The SMILES string of the molecule is [2H]c1c([2H])c([2H])c(-c2nc(-c3ccccc3)nc(-c3ccccc3-n3c4cccc5c4c4c6c(cccc6ccc43)-c3ccccc3-5)n2)c([2H])c1[2H].c1ccc(-c2ccc(-c3nc(-c4ccccc4)nc(-c4ccccc4-n4c5cccc6c5c5c7c(cccc7ccc54)-c4ccccc4-6)n3)cc2)cc1.c1ccc(-c2nc(-c3ccccc3)nc(-c3ccccc3-n3c4cccc5c4c4c6c(cccc6ccc43)-c3ccccc3-5)n2)cc1. The van der Waals surface area contributed by atoms with E-state index in [1.807, 2.05) is 140 Å². The van der Waals surface area contributed by atoms with Gasteiger partial charge in [-0.3, -0.25) is 0 Å². The lowest BCUT2D eigenvalue weighted by molar-refractivity contribution is 1.06. The predicted molar refractivity (Wildman–Crippen MR) is 603 cm³/mol. The fourth-order valence-corrected chi connectivity index (χ4v) is 22.7. The van der Waals surface area contributed by atoms with E-state index in [1.54, 1.807) is 0 Å². The summed E-state index contributed by atoms with van der Waals surface area (Å²) in [6.45, 7) is 0. The van der Waals surface area contributed by atoms with Gasteiger partial charge in [-0.2, -0.15) is 0 Å². The molecule has 0 bridgehead atoms. The monoisotopic (exact) mass is 1880 g/mol. The second-order valence-corrected chi connectivity index (χ2v) is 37.2. The molecule has 0 unspecified atom stereocenters. The first-order chi connectivity index (χ1) is 75.0. The van der Waals surface area contributed by atoms with Crippen molar-refractivity contribution in [3.05, 3.63) is 497 Å². The Kier molecular flexibility index (Phi) is 18.5. The number of fused-ring (bicyclic) bond motifs is 9. The van der Waals surface area contributed by atoms with Crippen molar-refractivity contribution in [3.8, 4) is 197 Å². The number of rotatable bonds is 13. The Morgan fingerprint density at radius 2 is 0.333 bits per heavy atom. The van der Waals surface area contributed by atoms with Crippen LogP contribution in [-0.4, -0.2) is 58.6 Å². The van der Waals surface area contributed by atoms with E-state index in [2.05, 4.69) is 341 Å². The molecule has 31 rings (SSSR count). The molecule has 0 saturated heterocycles. The molecule has 0 N–H and O–H groups in total. The highest BCUT2D eigenvalue weighted by atomic mass is 15.1. The van der Waals surface area contributed by atoms with Crippen molar-refractivity contribution in [3.63, 3.8) is 0 Å². The van der Waals surface area contributed by atoms with Crippen LogP contribution in [0.15, 0.2) is 497 Å². The molecule has 3 aliphatic carbocycles. The largest absolute Gasteiger partial charge is 0.308 e. The third-order valence-electron chi connectivity index (χ3n) is 29.1. The van der Waals surface area contributed by atoms with Crippen LogP contribution in [0.3, 0.4) is 0 Å². The van der Waals surface area contributed by atoms with Crippen LogP contribution in [0.5, 0.6) is 0 Å². The summed E-state index contributed by atoms with van der Waals surface area (Å²) in [5, 5.41) is 14.8. The van der Waals surface area contributed by atoms with Gasteiger partial charge in [-0.25, -0.2) is 44.9 Å². The van der Waals surface area contributed by atoms with Gasteiger partial charge in [-0.1, -0.05) is 425 Å². The molecule has 3 aliphatic rings. The van der Waals surface area contributed by atoms with Crippen molar-refractivity contribution in [1.82, 2.24) is 58.6 Å². The molecule has 0 aliphatic heterocycles. The van der Waals surface area contributed by atoms with Crippen molar-refractivity contribution in [2.24, 2.45) is 0 Å². The highest BCUT2D eigenvalue weighted by Crippen LogP contribution is 2.55. The maximum Gasteiger partial charge on any atom is 0.166 e. The van der Waals surface area contributed by atoms with Gasteiger partial charge < -0.3 is 13.7 Å². The number of benzene rings is 22. The first-order valence-electron chi connectivity index (χ1n) is 51.8. The summed E-state index contributed by atoms with van der Waals surface area (Å²) in [6.07, 6.45) is 0. The lowest BCUT2D eigenvalue weighted by Gasteiger charge is -2.16. The zero-order valence-electron chi connectivity index (χ0n) is 83.8. The van der Waals surface area contributed by atoms with E-state index in [-0.39, 0.29) is 23.5 Å². The average molecular weight is 1880 g/mol. The third-order valence-corrected chi connectivity index (χ3v) is 29.1. The Bertz CT molecular complexity index is 10500. The fourth-order valence-electron chi connectivity index (χ4n) is 22.7. The minimum Gasteiger partial charge on any atom is -0.308 e. The summed E-state index contributed by atoms with van der Waals surface area (Å²) >= 11 is 0. The van der Waals surface area contributed by atoms with Gasteiger partial charge in [0.25, 0.3) is 0 Å². The molecule has 0 atom stereocenters. The predicted octanol–water partition coefficient (Wildman–Crippen LogP) is 34.0. The van der Waals surface area contributed by atoms with Crippen LogP contribution < -0.4 is 0 Å². The minimum absolute atomic E-state index is 0.00168. The molecular weight excluding hydrogens is 1790 g/mol. The van der Waals surface area contributed by atoms with Crippen LogP contribution in [0.4, 0.5) is 0 Å². The highest BCUT2D eigenvalue weighted by molar-refractivity contribution is 6.34. The summed E-state index contributed by atoms with van der Waals surface area (Å²) in [5.41, 5.74) is 33.7. The standard InChI is InChI=1S/C49H30N4.2C43H26N4/c1-3-13-31(14-4-1)32-25-27-35(28-26-32)48-50-47(34-15-5-2-6-16-34)51-49(52-48)40-20-9-10-23-41(40)53-42-24-12-22-39-37-19-8-7-18-36(37)38-21-11-17-33-29-30-43(53)46(44(33)38)45(39)42;2*1-3-13-28(14-4-1)41-44-42(29-15-5-2-6-16-29)46-43(45-41)34-20-9-10-23-35(34)47-36-24-12-22-33-31-19-8-7-18-30(31)32-21-11-17-27-25-26-37(47)40(38(27)32)39(33)36/h1-30H;2*1-26H/i;1D,3D,4D,13D,14D;. The molecular formula is C135H82N12. The molecule has 147 heavy (non-hydrogen) atoms. The van der Waals surface area contributed by atoms with Gasteiger partial charge in [0.2, 0.25) is 0 Å². The van der Waals surface area contributed by atoms with Gasteiger partial charge in [0.05, 0.1) is 57.0 Å². The zero-order valence-corrected chi connectivity index (χ0v) is 78.8. The molecule has 6 heterocycles. The molecule has 682 valence electrons. The molecule has 22 aromatic carbocycles. The molecule has 0 saturated carbocycles. The summed E-state index contributed by atoms with van der Waals surface area (Å²) in [4.78, 5) is 45.2. The third kappa shape index (κ3) is 13.8. The molecule has 0 spiro atoms. The van der Waals surface area contributed by atoms with Crippen LogP contribution in [-0.2, 0) is 0 Å². The first kappa shape index (κ1) is 78.8. The molecule has 12 nitrogen and oxygen atoms in total. The van der Waals surface area contributed by atoms with Gasteiger partial charge in [-0.15, -0.1) is 0 Å². The smallest absolute Gasteiger partial charge is 0.166 e. The van der Waals surface area contributed by atoms with Crippen LogP contribution in [0.2, 0.25) is 0 Å². The van der Waals surface area contributed by atoms with Crippen LogP contribution >= 0.6 is 0 Å². The van der Waals surface area contributed by atoms with E-state index in [4.69, 9.17) is 51.7 Å². The lowest BCUT2D eigenvalue weighted by atomic mass is 9.93. The van der Waals surface area contributed by atoms with Crippen LogP contribution in [0.1, 0.15) is 6.85 Å². The Balaban J connectivity index is 0.000000107. The van der Waals surface area contributed by atoms with E-state index in [1.165, 1.54) is 121 Å². The second kappa shape index (κ2) is 34.5. The van der Waals surface area contributed by atoms with Crippen molar-refractivity contribution in [2.45, 2.75) is 0 Å². The van der Waals surface area contributed by atoms with E-state index >= 15 is 0 Å². The maximum absolute atomic E-state index is 8.74. The molecule has 6 aromatic heterocycles. The summed E-state index contributed by atoms with van der Waals surface area (Å²) in [6, 6.07) is 161. The van der Waals surface area contributed by atoms with Gasteiger partial charge in [0, 0.05) is 82.4 Å². The molecule has 0 radical (unpaired) electrons. The van der Waals surface area contributed by atoms with Gasteiger partial charge in [0.1, 0.15) is 0 Å². The number of nitrogens with zero attached hydrogens (tertiary/aromatic N) is 12. The van der Waals surface area contributed by atoms with Crippen molar-refractivity contribution in [2.75, 3.05) is 0 Å².